The van der Waals surface area contributed by atoms with Crippen molar-refractivity contribution in [1.29, 1.82) is 0 Å². The van der Waals surface area contributed by atoms with Gasteiger partial charge in [-0.15, -0.1) is 0 Å². The van der Waals surface area contributed by atoms with Gasteiger partial charge in [-0.3, -0.25) is 4.79 Å². The van der Waals surface area contributed by atoms with Crippen LogP contribution in [-0.4, -0.2) is 44.4 Å². The topological polar surface area (TPSA) is 95.0 Å². The highest BCUT2D eigenvalue weighted by molar-refractivity contribution is 5.99. The molecule has 0 spiro atoms. The molecule has 8 nitrogen and oxygen atoms in total. The van der Waals surface area contributed by atoms with Crippen LogP contribution >= 0.6 is 0 Å². The maximum absolute atomic E-state index is 15.2. The standard InChI is InChI=1S/C25H21F4N5O3/c26-20-6-21-16(18-11-37-12-19(18)23(30)32-21)5-17(20)24(35)34(15-3-4-36-10-15)9-14-8-33-7-13(25(27,28)29)1-2-22(33)31-14/h1-2,5-8,15H,3-4,9-12H2,(H2,30,32). The molecule has 3 aromatic heterocycles. The van der Waals surface area contributed by atoms with E-state index in [2.05, 4.69) is 9.97 Å². The molecular weight excluding hydrogens is 494 g/mol. The number of imidazole rings is 1. The van der Waals surface area contributed by atoms with Gasteiger partial charge in [0.15, 0.2) is 0 Å². The average Bonchev–Trinajstić information content (AvgIpc) is 3.61. The zero-order valence-corrected chi connectivity index (χ0v) is 19.4. The van der Waals surface area contributed by atoms with Gasteiger partial charge in [0, 0.05) is 36.0 Å². The minimum Gasteiger partial charge on any atom is -0.383 e. The molecule has 4 aromatic rings. The molecule has 6 rings (SSSR count). The first-order chi connectivity index (χ1) is 17.7. The van der Waals surface area contributed by atoms with Gasteiger partial charge in [0.1, 0.15) is 17.3 Å². The highest BCUT2D eigenvalue weighted by Gasteiger charge is 2.33. The number of hydrogen-bond acceptors (Lipinski definition) is 6. The molecule has 1 unspecified atom stereocenters. The Bertz CT molecular complexity index is 1550. The molecule has 0 bridgehead atoms. The Morgan fingerprint density at radius 1 is 1.14 bits per heavy atom. The number of anilines is 1. The number of aromatic nitrogens is 3. The van der Waals surface area contributed by atoms with Crippen molar-refractivity contribution >= 4 is 28.3 Å². The Labute approximate surface area is 207 Å². The molecule has 1 saturated heterocycles. The number of halogens is 4. The number of fused-ring (bicyclic) bond motifs is 4. The van der Waals surface area contributed by atoms with Crippen LogP contribution in [0.3, 0.4) is 0 Å². The number of rotatable bonds is 4. The summed E-state index contributed by atoms with van der Waals surface area (Å²) in [6.07, 6.45) is -1.58. The number of alkyl halides is 3. The third-order valence-corrected chi connectivity index (χ3v) is 6.82. The van der Waals surface area contributed by atoms with Crippen molar-refractivity contribution in [3.8, 4) is 0 Å². The van der Waals surface area contributed by atoms with E-state index in [0.717, 1.165) is 23.4 Å². The molecule has 0 aliphatic carbocycles. The predicted molar refractivity (Wildman–Crippen MR) is 124 cm³/mol. The fraction of sp³-hybridized carbons (Fsp3) is 0.320. The smallest absolute Gasteiger partial charge is 0.383 e. The summed E-state index contributed by atoms with van der Waals surface area (Å²) in [4.78, 5) is 23.8. The highest BCUT2D eigenvalue weighted by Crippen LogP contribution is 2.33. The van der Waals surface area contributed by atoms with E-state index >= 15 is 4.39 Å². The van der Waals surface area contributed by atoms with E-state index in [-0.39, 0.29) is 37.2 Å². The van der Waals surface area contributed by atoms with Crippen LogP contribution in [0, 0.1) is 5.82 Å². The van der Waals surface area contributed by atoms with E-state index in [1.165, 1.54) is 33.7 Å². The van der Waals surface area contributed by atoms with Gasteiger partial charge in [-0.25, -0.2) is 14.4 Å². The highest BCUT2D eigenvalue weighted by atomic mass is 19.4. The Hall–Kier alpha value is -3.77. The van der Waals surface area contributed by atoms with E-state index < -0.39 is 23.5 Å². The number of pyridine rings is 2. The molecule has 2 aliphatic heterocycles. The lowest BCUT2D eigenvalue weighted by molar-refractivity contribution is -0.137. The third-order valence-electron chi connectivity index (χ3n) is 6.82. The van der Waals surface area contributed by atoms with E-state index in [4.69, 9.17) is 15.2 Å². The van der Waals surface area contributed by atoms with Gasteiger partial charge >= 0.3 is 6.18 Å². The first-order valence-corrected chi connectivity index (χ1v) is 11.6. The van der Waals surface area contributed by atoms with Crippen molar-refractivity contribution in [1.82, 2.24) is 19.3 Å². The van der Waals surface area contributed by atoms with Crippen LogP contribution in [0.2, 0.25) is 0 Å². The lowest BCUT2D eigenvalue weighted by Gasteiger charge is -2.28. The van der Waals surface area contributed by atoms with Crippen molar-refractivity contribution in [3.63, 3.8) is 0 Å². The first-order valence-electron chi connectivity index (χ1n) is 11.6. The minimum absolute atomic E-state index is 0.0332. The Morgan fingerprint density at radius 2 is 1.95 bits per heavy atom. The molecule has 0 radical (unpaired) electrons. The van der Waals surface area contributed by atoms with Crippen LogP contribution in [0.15, 0.2) is 36.7 Å². The number of nitrogen functional groups attached to an aromatic ring is 1. The Balaban J connectivity index is 1.38. The molecule has 2 N–H and O–H groups in total. The molecule has 37 heavy (non-hydrogen) atoms. The summed E-state index contributed by atoms with van der Waals surface area (Å²) in [5, 5.41) is 0.585. The second-order valence-corrected chi connectivity index (χ2v) is 9.16. The fourth-order valence-electron chi connectivity index (χ4n) is 4.91. The van der Waals surface area contributed by atoms with Gasteiger partial charge in [-0.05, 0) is 30.2 Å². The first kappa shape index (κ1) is 23.6. The monoisotopic (exact) mass is 515 g/mol. The van der Waals surface area contributed by atoms with E-state index in [0.29, 0.717) is 41.9 Å². The van der Waals surface area contributed by atoms with Gasteiger partial charge in [-0.1, -0.05) is 0 Å². The third kappa shape index (κ3) is 4.15. The molecule has 1 amide bonds. The maximum Gasteiger partial charge on any atom is 0.417 e. The second-order valence-electron chi connectivity index (χ2n) is 9.16. The van der Waals surface area contributed by atoms with Crippen molar-refractivity contribution in [2.45, 2.75) is 38.4 Å². The van der Waals surface area contributed by atoms with Gasteiger partial charge < -0.3 is 24.5 Å². The minimum atomic E-state index is -4.50. The molecule has 1 fully saturated rings. The molecule has 0 saturated carbocycles. The van der Waals surface area contributed by atoms with Crippen LogP contribution < -0.4 is 5.73 Å². The number of carbonyl (C=O) groups is 1. The number of carbonyl (C=O) groups excluding carboxylic acids is 1. The summed E-state index contributed by atoms with van der Waals surface area (Å²) < 4.78 is 66.9. The van der Waals surface area contributed by atoms with Crippen LogP contribution in [0.4, 0.5) is 23.4 Å². The van der Waals surface area contributed by atoms with Crippen molar-refractivity contribution in [2.24, 2.45) is 0 Å². The Morgan fingerprint density at radius 3 is 2.70 bits per heavy atom. The largest absolute Gasteiger partial charge is 0.417 e. The Kier molecular flexibility index (Phi) is 5.53. The molecule has 2 aliphatic rings. The molecule has 1 atom stereocenters. The van der Waals surface area contributed by atoms with Crippen LogP contribution in [-0.2, 0) is 35.4 Å². The van der Waals surface area contributed by atoms with Crippen molar-refractivity contribution in [3.05, 3.63) is 70.4 Å². The number of amides is 1. The summed E-state index contributed by atoms with van der Waals surface area (Å²) in [6, 6.07) is 4.52. The predicted octanol–water partition coefficient (Wildman–Crippen LogP) is 4.08. The van der Waals surface area contributed by atoms with Gasteiger partial charge in [-0.2, -0.15) is 13.2 Å². The normalized spacial score (nSPS) is 17.6. The number of nitrogens with zero attached hydrogens (tertiary/aromatic N) is 4. The lowest BCUT2D eigenvalue weighted by Crippen LogP contribution is -2.40. The van der Waals surface area contributed by atoms with Crippen LogP contribution in [0.25, 0.3) is 16.6 Å². The summed E-state index contributed by atoms with van der Waals surface area (Å²) in [6.45, 7) is 1.23. The van der Waals surface area contributed by atoms with Gasteiger partial charge in [0.05, 0.1) is 54.7 Å². The number of nitrogens with two attached hydrogens (primary N) is 1. The van der Waals surface area contributed by atoms with Crippen molar-refractivity contribution in [2.75, 3.05) is 18.9 Å². The molecular formula is C25H21F4N5O3. The fourth-order valence-corrected chi connectivity index (χ4v) is 4.91. The maximum atomic E-state index is 15.2. The summed E-state index contributed by atoms with van der Waals surface area (Å²) >= 11 is 0. The number of ether oxygens (including phenoxy) is 2. The van der Waals surface area contributed by atoms with Gasteiger partial charge in [0.2, 0.25) is 0 Å². The van der Waals surface area contributed by atoms with E-state index in [1.807, 2.05) is 0 Å². The molecule has 1 aromatic carbocycles. The summed E-state index contributed by atoms with van der Waals surface area (Å²) in [5.74, 6) is -1.06. The number of hydrogen-bond donors (Lipinski definition) is 1. The number of benzene rings is 1. The zero-order chi connectivity index (χ0) is 25.9. The molecule has 5 heterocycles. The molecule has 12 heteroatoms. The summed E-state index contributed by atoms with van der Waals surface area (Å²) in [7, 11) is 0. The van der Waals surface area contributed by atoms with Crippen molar-refractivity contribution < 1.29 is 31.8 Å². The van der Waals surface area contributed by atoms with Gasteiger partial charge in [0.25, 0.3) is 5.91 Å². The quantitative estimate of drug-likeness (QED) is 0.412. The van der Waals surface area contributed by atoms with E-state index in [1.54, 1.807) is 0 Å². The second kappa shape index (κ2) is 8.67. The van der Waals surface area contributed by atoms with Crippen LogP contribution in [0.5, 0.6) is 0 Å². The van der Waals surface area contributed by atoms with E-state index in [9.17, 15) is 18.0 Å². The average molecular weight is 515 g/mol. The molecule has 192 valence electrons. The lowest BCUT2D eigenvalue weighted by atomic mass is 10.0. The van der Waals surface area contributed by atoms with Crippen LogP contribution in [0.1, 0.15) is 39.2 Å². The summed E-state index contributed by atoms with van der Waals surface area (Å²) in [5.41, 5.74) is 7.52. The SMILES string of the molecule is Nc1nc2cc(F)c(C(=O)N(Cc3cn4cc(C(F)(F)F)ccc4n3)C3CCOC3)cc2c2c1COC2. The zero-order valence-electron chi connectivity index (χ0n) is 19.4.